The first-order valence-electron chi connectivity index (χ1n) is 12.9. The summed E-state index contributed by atoms with van der Waals surface area (Å²) in [6.45, 7) is 6.20. The summed E-state index contributed by atoms with van der Waals surface area (Å²) in [5.41, 5.74) is 3.61. The minimum Gasteiger partial charge on any atom is -0.345 e. The molecule has 0 aliphatic carbocycles. The number of anilines is 1. The highest BCUT2D eigenvalue weighted by Gasteiger charge is 2.27. The summed E-state index contributed by atoms with van der Waals surface area (Å²) >= 11 is 6.27. The van der Waals surface area contributed by atoms with E-state index in [1.807, 2.05) is 37.3 Å². The van der Waals surface area contributed by atoms with Crippen LogP contribution in [0.25, 0.3) is 0 Å². The van der Waals surface area contributed by atoms with Gasteiger partial charge in [0.25, 0.3) is 15.9 Å². The third-order valence-corrected chi connectivity index (χ3v) is 8.54. The molecule has 1 atom stereocenters. The molecule has 4 aromatic carbocycles. The topological polar surface area (TPSA) is 66.5 Å². The first-order chi connectivity index (χ1) is 18.6. The maximum absolute atomic E-state index is 13.7. The number of halogens is 1. The molecule has 0 bridgehead atoms. The second kappa shape index (κ2) is 12.5. The summed E-state index contributed by atoms with van der Waals surface area (Å²) in [4.78, 5) is 13.4. The summed E-state index contributed by atoms with van der Waals surface area (Å²) < 4.78 is 28.8. The quantitative estimate of drug-likeness (QED) is 0.217. The van der Waals surface area contributed by atoms with E-state index < -0.39 is 10.0 Å². The minimum absolute atomic E-state index is 0.0836. The number of amides is 1. The summed E-state index contributed by atoms with van der Waals surface area (Å²) in [5, 5.41) is 3.62. The summed E-state index contributed by atoms with van der Waals surface area (Å²) in [6.07, 6.45) is 0.819. The summed E-state index contributed by atoms with van der Waals surface area (Å²) in [6, 6.07) is 30.5. The molecule has 0 unspecified atom stereocenters. The van der Waals surface area contributed by atoms with Gasteiger partial charge < -0.3 is 5.32 Å². The molecule has 0 aliphatic rings. The minimum atomic E-state index is -3.88. The first kappa shape index (κ1) is 28.4. The van der Waals surface area contributed by atoms with Crippen molar-refractivity contribution in [1.29, 1.82) is 0 Å². The number of benzene rings is 4. The zero-order valence-electron chi connectivity index (χ0n) is 22.3. The van der Waals surface area contributed by atoms with Gasteiger partial charge >= 0.3 is 0 Å². The van der Waals surface area contributed by atoms with Gasteiger partial charge in [0, 0.05) is 10.6 Å². The highest BCUT2D eigenvalue weighted by atomic mass is 35.5. The van der Waals surface area contributed by atoms with Crippen LogP contribution in [-0.2, 0) is 16.6 Å². The zero-order valence-corrected chi connectivity index (χ0v) is 23.9. The summed E-state index contributed by atoms with van der Waals surface area (Å²) in [7, 11) is -3.88. The monoisotopic (exact) mass is 560 g/mol. The average molecular weight is 561 g/mol. The molecule has 4 aromatic rings. The summed E-state index contributed by atoms with van der Waals surface area (Å²) in [5.74, 6) is 0.237. The fourth-order valence-electron chi connectivity index (χ4n) is 4.47. The van der Waals surface area contributed by atoms with Gasteiger partial charge in [0.05, 0.1) is 23.2 Å². The lowest BCUT2D eigenvalue weighted by Crippen LogP contribution is -2.31. The Labute approximate surface area is 236 Å². The van der Waals surface area contributed by atoms with Crippen molar-refractivity contribution in [3.63, 3.8) is 0 Å². The molecular weight excluding hydrogens is 528 g/mol. The molecule has 1 N–H and O–H groups in total. The van der Waals surface area contributed by atoms with Crippen molar-refractivity contribution in [2.24, 2.45) is 5.92 Å². The van der Waals surface area contributed by atoms with Crippen molar-refractivity contribution >= 4 is 33.2 Å². The Morgan fingerprint density at radius 1 is 0.872 bits per heavy atom. The highest BCUT2D eigenvalue weighted by Crippen LogP contribution is 2.31. The van der Waals surface area contributed by atoms with Gasteiger partial charge in [-0.15, -0.1) is 0 Å². The van der Waals surface area contributed by atoms with Crippen LogP contribution in [0.15, 0.2) is 108 Å². The highest BCUT2D eigenvalue weighted by molar-refractivity contribution is 7.92. The Balaban J connectivity index is 1.60. The van der Waals surface area contributed by atoms with E-state index in [0.29, 0.717) is 22.2 Å². The van der Waals surface area contributed by atoms with Gasteiger partial charge in [-0.25, -0.2) is 8.42 Å². The molecule has 5 nitrogen and oxygen atoms in total. The SMILES string of the molecule is Cc1ccc(Cl)cc1N(Cc1ccc(C(=O)N[C@@H](CC(C)C)c2ccccc2)cc1)S(=O)(=O)c1ccccc1. The Morgan fingerprint density at radius 3 is 2.10 bits per heavy atom. The maximum atomic E-state index is 13.7. The molecule has 0 saturated heterocycles. The van der Waals surface area contributed by atoms with E-state index in [9.17, 15) is 13.2 Å². The number of nitrogens with zero attached hydrogens (tertiary/aromatic N) is 1. The van der Waals surface area contributed by atoms with Crippen LogP contribution >= 0.6 is 11.6 Å². The van der Waals surface area contributed by atoms with Crippen molar-refractivity contribution in [1.82, 2.24) is 5.32 Å². The standard InChI is InChI=1S/C32H33ClN2O3S/c1-23(2)20-30(26-10-6-4-7-11-26)34-32(36)27-17-15-25(16-18-27)22-35(31-21-28(33)19-14-24(31)3)39(37,38)29-12-8-5-9-13-29/h4-19,21,23,30H,20,22H2,1-3H3,(H,34,36)/t30-/m0/s1. The number of carbonyl (C=O) groups excluding carboxylic acids is 1. The van der Waals surface area contributed by atoms with E-state index in [0.717, 1.165) is 23.1 Å². The molecular formula is C32H33ClN2O3S. The molecule has 0 fully saturated rings. The number of hydrogen-bond donors (Lipinski definition) is 1. The number of sulfonamides is 1. The van der Waals surface area contributed by atoms with Gasteiger partial charge in [-0.2, -0.15) is 0 Å². The van der Waals surface area contributed by atoms with Crippen LogP contribution in [0, 0.1) is 12.8 Å². The molecule has 0 radical (unpaired) electrons. The Hall–Kier alpha value is -3.61. The lowest BCUT2D eigenvalue weighted by Gasteiger charge is -2.26. The normalized spacial score (nSPS) is 12.2. The lowest BCUT2D eigenvalue weighted by molar-refractivity contribution is 0.0932. The average Bonchev–Trinajstić information content (AvgIpc) is 2.93. The molecule has 39 heavy (non-hydrogen) atoms. The van der Waals surface area contributed by atoms with Gasteiger partial charge in [0.1, 0.15) is 0 Å². The van der Waals surface area contributed by atoms with E-state index in [4.69, 9.17) is 11.6 Å². The number of aryl methyl sites for hydroxylation is 1. The number of nitrogens with one attached hydrogen (secondary N) is 1. The second-order valence-corrected chi connectivity index (χ2v) is 12.3. The Morgan fingerprint density at radius 2 is 1.49 bits per heavy atom. The molecule has 202 valence electrons. The second-order valence-electron chi connectivity index (χ2n) is 10.0. The molecule has 7 heteroatoms. The van der Waals surface area contributed by atoms with Crippen LogP contribution in [0.5, 0.6) is 0 Å². The number of hydrogen-bond acceptors (Lipinski definition) is 3. The largest absolute Gasteiger partial charge is 0.345 e. The number of rotatable bonds is 10. The van der Waals surface area contributed by atoms with Crippen LogP contribution in [-0.4, -0.2) is 14.3 Å². The zero-order chi connectivity index (χ0) is 28.0. The van der Waals surface area contributed by atoms with Crippen LogP contribution in [0.4, 0.5) is 5.69 Å². The third-order valence-electron chi connectivity index (χ3n) is 6.53. The van der Waals surface area contributed by atoms with Crippen molar-refractivity contribution in [3.8, 4) is 0 Å². The third kappa shape index (κ3) is 7.08. The Bertz CT molecular complexity index is 1510. The fourth-order valence-corrected chi connectivity index (χ4v) is 6.17. The lowest BCUT2D eigenvalue weighted by atomic mass is 9.96. The molecule has 0 spiro atoms. The predicted octanol–water partition coefficient (Wildman–Crippen LogP) is 7.56. The molecule has 0 aliphatic heterocycles. The molecule has 0 saturated carbocycles. The van der Waals surface area contributed by atoms with E-state index in [-0.39, 0.29) is 23.4 Å². The smallest absolute Gasteiger partial charge is 0.264 e. The van der Waals surface area contributed by atoms with Crippen LogP contribution in [0.1, 0.15) is 53.4 Å². The van der Waals surface area contributed by atoms with Crippen molar-refractivity contribution < 1.29 is 13.2 Å². The Kier molecular flexibility index (Phi) is 9.10. The van der Waals surface area contributed by atoms with E-state index >= 15 is 0 Å². The van der Waals surface area contributed by atoms with E-state index in [1.54, 1.807) is 72.8 Å². The van der Waals surface area contributed by atoms with Gasteiger partial charge in [-0.05, 0) is 72.4 Å². The van der Waals surface area contributed by atoms with Crippen LogP contribution in [0.3, 0.4) is 0 Å². The molecule has 0 heterocycles. The van der Waals surface area contributed by atoms with Crippen LogP contribution in [0.2, 0.25) is 5.02 Å². The van der Waals surface area contributed by atoms with Crippen LogP contribution < -0.4 is 9.62 Å². The van der Waals surface area contributed by atoms with Gasteiger partial charge in [0.15, 0.2) is 0 Å². The maximum Gasteiger partial charge on any atom is 0.264 e. The molecule has 4 rings (SSSR count). The molecule has 1 amide bonds. The van der Waals surface area contributed by atoms with Crippen molar-refractivity contribution in [3.05, 3.63) is 130 Å². The van der Waals surface area contributed by atoms with Crippen molar-refractivity contribution in [2.75, 3.05) is 4.31 Å². The molecule has 0 aromatic heterocycles. The van der Waals surface area contributed by atoms with E-state index in [2.05, 4.69) is 19.2 Å². The number of carbonyl (C=O) groups is 1. The van der Waals surface area contributed by atoms with E-state index in [1.165, 1.54) is 4.31 Å². The van der Waals surface area contributed by atoms with Gasteiger partial charge in [-0.1, -0.05) is 92.2 Å². The fraction of sp³-hybridized carbons (Fsp3) is 0.219. The van der Waals surface area contributed by atoms with Crippen molar-refractivity contribution in [2.45, 2.75) is 44.7 Å². The predicted molar refractivity (Wildman–Crippen MR) is 159 cm³/mol. The first-order valence-corrected chi connectivity index (χ1v) is 14.8. The van der Waals surface area contributed by atoms with Gasteiger partial charge in [-0.3, -0.25) is 9.10 Å². The van der Waals surface area contributed by atoms with Gasteiger partial charge in [0.2, 0.25) is 0 Å².